The number of nitrogens with one attached hydrogen (secondary N) is 3. The largest absolute Gasteiger partial charge is 0.465 e. The summed E-state index contributed by atoms with van der Waals surface area (Å²) >= 11 is 0. The van der Waals surface area contributed by atoms with Crippen molar-refractivity contribution in [2.24, 2.45) is 0 Å². The van der Waals surface area contributed by atoms with Crippen LogP contribution in [0.15, 0.2) is 24.4 Å². The van der Waals surface area contributed by atoms with Crippen LogP contribution in [0.25, 0.3) is 10.8 Å². The Hall–Kier alpha value is -2.90. The number of benzene rings is 1. The summed E-state index contributed by atoms with van der Waals surface area (Å²) in [5, 5.41) is 16.6. The van der Waals surface area contributed by atoms with E-state index in [1.54, 1.807) is 6.92 Å². The van der Waals surface area contributed by atoms with Crippen molar-refractivity contribution in [1.82, 2.24) is 15.6 Å². The van der Waals surface area contributed by atoms with Crippen molar-refractivity contribution < 1.29 is 19.1 Å². The number of anilines is 1. The molecule has 0 unspecified atom stereocenters. The summed E-state index contributed by atoms with van der Waals surface area (Å²) < 4.78 is 13.9. The van der Waals surface area contributed by atoms with E-state index in [1.165, 1.54) is 24.4 Å². The maximum absolute atomic E-state index is 13.9. The van der Waals surface area contributed by atoms with Crippen molar-refractivity contribution in [2.75, 3.05) is 11.9 Å². The number of nitrogens with zero attached hydrogens (tertiary/aromatic N) is 1. The second-order valence-electron chi connectivity index (χ2n) is 4.46. The molecule has 22 heavy (non-hydrogen) atoms. The first-order chi connectivity index (χ1) is 10.5. The molecule has 0 aliphatic heterocycles. The van der Waals surface area contributed by atoms with E-state index in [0.29, 0.717) is 17.5 Å². The lowest BCUT2D eigenvalue weighted by Crippen LogP contribution is -2.28. The highest BCUT2D eigenvalue weighted by Gasteiger charge is 2.10. The highest BCUT2D eigenvalue weighted by atomic mass is 19.1. The Bertz CT molecular complexity index is 721. The highest BCUT2D eigenvalue weighted by molar-refractivity contribution is 5.93. The molecule has 0 spiro atoms. The number of rotatable bonds is 4. The molecule has 0 bridgehead atoms. The van der Waals surface area contributed by atoms with Gasteiger partial charge in [-0.2, -0.15) is 0 Å². The third-order valence-corrected chi connectivity index (χ3v) is 2.95. The van der Waals surface area contributed by atoms with Crippen LogP contribution in [0.4, 0.5) is 19.8 Å². The molecule has 3 amide bonds. The predicted octanol–water partition coefficient (Wildman–Crippen LogP) is 2.28. The molecule has 0 saturated carbocycles. The van der Waals surface area contributed by atoms with Crippen molar-refractivity contribution >= 4 is 28.7 Å². The summed E-state index contributed by atoms with van der Waals surface area (Å²) in [6, 6.07) is 3.71. The van der Waals surface area contributed by atoms with Crippen molar-refractivity contribution in [1.29, 1.82) is 0 Å². The van der Waals surface area contributed by atoms with Gasteiger partial charge in [-0.3, -0.25) is 5.32 Å². The number of hydrogen-bond donors (Lipinski definition) is 4. The number of fused-ring (bicyclic) bond motifs is 1. The number of urea groups is 1. The molecule has 8 heteroatoms. The normalized spacial score (nSPS) is 10.3. The minimum Gasteiger partial charge on any atom is -0.465 e. The van der Waals surface area contributed by atoms with Crippen LogP contribution in [0.1, 0.15) is 12.5 Å². The molecule has 1 aromatic heterocycles. The second kappa shape index (κ2) is 6.70. The molecule has 7 nitrogen and oxygen atoms in total. The van der Waals surface area contributed by atoms with E-state index in [4.69, 9.17) is 5.11 Å². The lowest BCUT2D eigenvalue weighted by atomic mass is 10.1. The summed E-state index contributed by atoms with van der Waals surface area (Å²) in [5.74, 6) is -0.267. The van der Waals surface area contributed by atoms with Gasteiger partial charge in [-0.05, 0) is 24.6 Å². The maximum atomic E-state index is 13.9. The van der Waals surface area contributed by atoms with Crippen LogP contribution < -0.4 is 16.0 Å². The number of amides is 3. The van der Waals surface area contributed by atoms with Gasteiger partial charge in [0, 0.05) is 30.1 Å². The van der Waals surface area contributed by atoms with Gasteiger partial charge >= 0.3 is 12.1 Å². The zero-order valence-electron chi connectivity index (χ0n) is 11.8. The van der Waals surface area contributed by atoms with E-state index in [9.17, 15) is 14.0 Å². The first-order valence-electron chi connectivity index (χ1n) is 6.60. The molecule has 116 valence electrons. The molecule has 0 atom stereocenters. The standard InChI is InChI=1S/C14H15FN4O3/c1-2-16-13(20)19-12-5-9-10(7-17-12)8(3-4-11(9)15)6-18-14(21)22/h3-5,7,18H,2,6H2,1H3,(H,21,22)(H2,16,17,19,20). The monoisotopic (exact) mass is 306 g/mol. The number of halogens is 1. The Balaban J connectivity index is 2.33. The topological polar surface area (TPSA) is 103 Å². The molecule has 0 radical (unpaired) electrons. The Morgan fingerprint density at radius 2 is 2.05 bits per heavy atom. The SMILES string of the molecule is CCNC(=O)Nc1cc2c(F)ccc(CNC(=O)O)c2cn1. The molecule has 1 aromatic carbocycles. The fraction of sp³-hybridized carbons (Fsp3) is 0.214. The van der Waals surface area contributed by atoms with Gasteiger partial charge in [-0.1, -0.05) is 6.07 Å². The average molecular weight is 306 g/mol. The van der Waals surface area contributed by atoms with Crippen LogP contribution in [0.2, 0.25) is 0 Å². The van der Waals surface area contributed by atoms with Crippen molar-refractivity contribution in [3.8, 4) is 0 Å². The van der Waals surface area contributed by atoms with Gasteiger partial charge in [0.25, 0.3) is 0 Å². The summed E-state index contributed by atoms with van der Waals surface area (Å²) in [4.78, 5) is 26.0. The molecular formula is C14H15FN4O3. The molecule has 1 heterocycles. The number of carbonyl (C=O) groups excluding carboxylic acids is 1. The Morgan fingerprint density at radius 1 is 1.27 bits per heavy atom. The predicted molar refractivity (Wildman–Crippen MR) is 79.3 cm³/mol. The summed E-state index contributed by atoms with van der Waals surface area (Å²) in [6.07, 6.45) is 0.235. The number of carboxylic acid groups (broad SMARTS) is 1. The summed E-state index contributed by atoms with van der Waals surface area (Å²) in [5.41, 5.74) is 0.593. The molecule has 0 fully saturated rings. The third-order valence-electron chi connectivity index (χ3n) is 2.95. The fourth-order valence-electron chi connectivity index (χ4n) is 1.98. The number of aromatic nitrogens is 1. The van der Waals surface area contributed by atoms with Crippen molar-refractivity contribution in [3.05, 3.63) is 35.8 Å². The lowest BCUT2D eigenvalue weighted by molar-refractivity contribution is 0.194. The van der Waals surface area contributed by atoms with E-state index in [0.717, 1.165) is 0 Å². The van der Waals surface area contributed by atoms with Gasteiger partial charge in [0.2, 0.25) is 0 Å². The van der Waals surface area contributed by atoms with Crippen LogP contribution in [-0.4, -0.2) is 28.8 Å². The van der Waals surface area contributed by atoms with E-state index < -0.39 is 17.9 Å². The van der Waals surface area contributed by atoms with Crippen molar-refractivity contribution in [3.63, 3.8) is 0 Å². The summed E-state index contributed by atoms with van der Waals surface area (Å²) in [7, 11) is 0. The summed E-state index contributed by atoms with van der Waals surface area (Å²) in [6.45, 7) is 2.27. The number of carbonyl (C=O) groups is 2. The van der Waals surface area contributed by atoms with E-state index in [2.05, 4.69) is 20.9 Å². The van der Waals surface area contributed by atoms with E-state index in [-0.39, 0.29) is 17.7 Å². The molecule has 4 N–H and O–H groups in total. The van der Waals surface area contributed by atoms with Gasteiger partial charge in [-0.15, -0.1) is 0 Å². The third kappa shape index (κ3) is 3.60. The maximum Gasteiger partial charge on any atom is 0.404 e. The molecule has 0 saturated heterocycles. The van der Waals surface area contributed by atoms with Crippen LogP contribution in [0.3, 0.4) is 0 Å². The zero-order chi connectivity index (χ0) is 16.1. The Morgan fingerprint density at radius 3 is 2.73 bits per heavy atom. The smallest absolute Gasteiger partial charge is 0.404 e. The van der Waals surface area contributed by atoms with Gasteiger partial charge in [0.1, 0.15) is 11.6 Å². The second-order valence-corrected chi connectivity index (χ2v) is 4.46. The van der Waals surface area contributed by atoms with Crippen LogP contribution >= 0.6 is 0 Å². The zero-order valence-corrected chi connectivity index (χ0v) is 11.8. The molecule has 0 aliphatic carbocycles. The molecule has 0 aliphatic rings. The minimum atomic E-state index is -1.17. The Kier molecular flexibility index (Phi) is 4.72. The highest BCUT2D eigenvalue weighted by Crippen LogP contribution is 2.23. The van der Waals surface area contributed by atoms with Gasteiger partial charge in [-0.25, -0.2) is 19.0 Å². The lowest BCUT2D eigenvalue weighted by Gasteiger charge is -2.10. The van der Waals surface area contributed by atoms with Crippen LogP contribution in [0, 0.1) is 5.82 Å². The van der Waals surface area contributed by atoms with E-state index >= 15 is 0 Å². The quantitative estimate of drug-likeness (QED) is 0.695. The number of pyridine rings is 1. The molecular weight excluding hydrogens is 291 g/mol. The van der Waals surface area contributed by atoms with Gasteiger partial charge in [0.05, 0.1) is 0 Å². The van der Waals surface area contributed by atoms with Crippen molar-refractivity contribution in [2.45, 2.75) is 13.5 Å². The molecule has 2 aromatic rings. The Labute approximate surface area is 125 Å². The van der Waals surface area contributed by atoms with Gasteiger partial charge < -0.3 is 15.7 Å². The first kappa shape index (κ1) is 15.5. The minimum absolute atomic E-state index is 0.0386. The van der Waals surface area contributed by atoms with Crippen LogP contribution in [-0.2, 0) is 6.54 Å². The number of hydrogen-bond acceptors (Lipinski definition) is 3. The van der Waals surface area contributed by atoms with Crippen LogP contribution in [0.5, 0.6) is 0 Å². The fourth-order valence-corrected chi connectivity index (χ4v) is 1.98. The average Bonchev–Trinajstić information content (AvgIpc) is 2.47. The van der Waals surface area contributed by atoms with Gasteiger partial charge in [0.15, 0.2) is 0 Å². The first-order valence-corrected chi connectivity index (χ1v) is 6.60. The van der Waals surface area contributed by atoms with E-state index in [1.807, 2.05) is 0 Å². The molecule has 2 rings (SSSR count).